The van der Waals surface area contributed by atoms with Gasteiger partial charge < -0.3 is 9.64 Å². The third-order valence-corrected chi connectivity index (χ3v) is 5.60. The van der Waals surface area contributed by atoms with Crippen molar-refractivity contribution in [3.63, 3.8) is 0 Å². The highest BCUT2D eigenvalue weighted by atomic mass is 35.5. The summed E-state index contributed by atoms with van der Waals surface area (Å²) in [7, 11) is 0. The number of rotatable bonds is 7. The number of nitrogens with zero attached hydrogens (tertiary/aromatic N) is 2. The topological polar surface area (TPSA) is 15.7 Å². The Kier molecular flexibility index (Phi) is 7.07. The Morgan fingerprint density at radius 3 is 2.20 bits per heavy atom. The molecule has 0 radical (unpaired) electrons. The predicted octanol–water partition coefficient (Wildman–Crippen LogP) is 5.75. The van der Waals surface area contributed by atoms with Crippen molar-refractivity contribution in [1.82, 2.24) is 4.90 Å². The largest absolute Gasteiger partial charge is 0.490 e. The maximum atomic E-state index is 5.91. The number of para-hydroxylation sites is 1. The zero-order valence-electron chi connectivity index (χ0n) is 17.1. The van der Waals surface area contributed by atoms with Gasteiger partial charge in [0.25, 0.3) is 0 Å². The molecule has 0 unspecified atom stereocenters. The Morgan fingerprint density at radius 1 is 0.800 bits per heavy atom. The predicted molar refractivity (Wildman–Crippen MR) is 126 cm³/mol. The number of halogens is 1. The van der Waals surface area contributed by atoms with Crippen LogP contribution in [0.3, 0.4) is 0 Å². The van der Waals surface area contributed by atoms with E-state index in [1.807, 2.05) is 36.4 Å². The SMILES string of the molecule is Clc1ccc(/C=C/COc2ccc(CN3CCN(c4ccccc4)CC3)cc2)cc1. The van der Waals surface area contributed by atoms with Crippen LogP contribution in [-0.4, -0.2) is 37.7 Å². The minimum Gasteiger partial charge on any atom is -0.490 e. The van der Waals surface area contributed by atoms with Crippen molar-refractivity contribution >= 4 is 23.4 Å². The first-order chi connectivity index (χ1) is 14.8. The first-order valence-electron chi connectivity index (χ1n) is 10.4. The first kappa shape index (κ1) is 20.5. The summed E-state index contributed by atoms with van der Waals surface area (Å²) in [5.74, 6) is 0.897. The summed E-state index contributed by atoms with van der Waals surface area (Å²) in [6.45, 7) is 5.85. The van der Waals surface area contributed by atoms with E-state index >= 15 is 0 Å². The average molecular weight is 419 g/mol. The normalized spacial score (nSPS) is 14.9. The molecule has 4 heteroatoms. The molecule has 30 heavy (non-hydrogen) atoms. The maximum Gasteiger partial charge on any atom is 0.119 e. The monoisotopic (exact) mass is 418 g/mol. The van der Waals surface area contributed by atoms with Crippen LogP contribution in [0.5, 0.6) is 5.75 Å². The smallest absolute Gasteiger partial charge is 0.119 e. The molecular weight excluding hydrogens is 392 g/mol. The van der Waals surface area contributed by atoms with Crippen LogP contribution in [0.15, 0.2) is 84.9 Å². The van der Waals surface area contributed by atoms with Crippen molar-refractivity contribution in [3.8, 4) is 5.75 Å². The lowest BCUT2D eigenvalue weighted by Crippen LogP contribution is -2.45. The Bertz CT molecular complexity index is 931. The van der Waals surface area contributed by atoms with Crippen molar-refractivity contribution in [1.29, 1.82) is 0 Å². The molecule has 0 spiro atoms. The highest BCUT2D eigenvalue weighted by molar-refractivity contribution is 6.30. The van der Waals surface area contributed by atoms with Gasteiger partial charge in [-0.15, -0.1) is 0 Å². The fourth-order valence-corrected chi connectivity index (χ4v) is 3.78. The molecule has 0 saturated carbocycles. The zero-order valence-corrected chi connectivity index (χ0v) is 17.8. The van der Waals surface area contributed by atoms with Gasteiger partial charge in [0.05, 0.1) is 0 Å². The molecule has 1 heterocycles. The van der Waals surface area contributed by atoms with Crippen LogP contribution < -0.4 is 9.64 Å². The van der Waals surface area contributed by atoms with Crippen LogP contribution in [-0.2, 0) is 6.54 Å². The first-order valence-corrected chi connectivity index (χ1v) is 10.8. The molecule has 1 fully saturated rings. The van der Waals surface area contributed by atoms with Gasteiger partial charge in [0.15, 0.2) is 0 Å². The van der Waals surface area contributed by atoms with E-state index in [1.165, 1.54) is 11.3 Å². The molecule has 0 aromatic heterocycles. The van der Waals surface area contributed by atoms with Crippen LogP contribution in [0.1, 0.15) is 11.1 Å². The van der Waals surface area contributed by atoms with Crippen molar-refractivity contribution in [2.24, 2.45) is 0 Å². The minimum absolute atomic E-state index is 0.545. The Hall–Kier alpha value is -2.75. The summed E-state index contributed by atoms with van der Waals surface area (Å²) in [5, 5.41) is 0.751. The standard InChI is InChI=1S/C26H27ClN2O/c27-24-12-8-22(9-13-24)5-4-20-30-26-14-10-23(11-15-26)21-28-16-18-29(19-17-28)25-6-2-1-3-7-25/h1-15H,16-21H2/b5-4+. The summed E-state index contributed by atoms with van der Waals surface area (Å²) < 4.78 is 5.83. The molecule has 1 aliphatic heterocycles. The summed E-state index contributed by atoms with van der Waals surface area (Å²) in [4.78, 5) is 4.98. The molecule has 154 valence electrons. The quantitative estimate of drug-likeness (QED) is 0.485. The second-order valence-electron chi connectivity index (χ2n) is 7.51. The Morgan fingerprint density at radius 2 is 1.50 bits per heavy atom. The molecule has 0 N–H and O–H groups in total. The van der Waals surface area contributed by atoms with Gasteiger partial charge in [0.1, 0.15) is 12.4 Å². The number of benzene rings is 3. The summed E-state index contributed by atoms with van der Waals surface area (Å²) in [5.41, 5.74) is 3.77. The fourth-order valence-electron chi connectivity index (χ4n) is 3.65. The van der Waals surface area contributed by atoms with Gasteiger partial charge in [-0.05, 0) is 53.6 Å². The second-order valence-corrected chi connectivity index (χ2v) is 7.94. The van der Waals surface area contributed by atoms with Crippen molar-refractivity contribution in [2.75, 3.05) is 37.7 Å². The molecule has 0 bridgehead atoms. The maximum absolute atomic E-state index is 5.91. The summed E-state index contributed by atoms with van der Waals surface area (Å²) >= 11 is 5.91. The lowest BCUT2D eigenvalue weighted by molar-refractivity contribution is 0.250. The number of piperazine rings is 1. The van der Waals surface area contributed by atoms with Crippen LogP contribution in [0, 0.1) is 0 Å². The lowest BCUT2D eigenvalue weighted by Gasteiger charge is -2.36. The number of hydrogen-bond acceptors (Lipinski definition) is 3. The van der Waals surface area contributed by atoms with Crippen LogP contribution >= 0.6 is 11.6 Å². The van der Waals surface area contributed by atoms with E-state index in [2.05, 4.69) is 64.4 Å². The molecule has 3 aromatic rings. The molecule has 3 aromatic carbocycles. The molecule has 3 nitrogen and oxygen atoms in total. The van der Waals surface area contributed by atoms with Crippen molar-refractivity contribution in [2.45, 2.75) is 6.54 Å². The number of hydrogen-bond donors (Lipinski definition) is 0. The minimum atomic E-state index is 0.545. The molecular formula is C26H27ClN2O. The van der Waals surface area contributed by atoms with Crippen LogP contribution in [0.25, 0.3) is 6.08 Å². The summed E-state index contributed by atoms with van der Waals surface area (Å²) in [6.07, 6.45) is 4.06. The van der Waals surface area contributed by atoms with Gasteiger partial charge in [0, 0.05) is 43.4 Å². The van der Waals surface area contributed by atoms with Crippen LogP contribution in [0.2, 0.25) is 5.02 Å². The second kappa shape index (κ2) is 10.3. The van der Waals surface area contributed by atoms with Gasteiger partial charge in [-0.1, -0.05) is 60.1 Å². The molecule has 0 aliphatic carbocycles. The van der Waals surface area contributed by atoms with E-state index in [0.29, 0.717) is 6.61 Å². The van der Waals surface area contributed by atoms with Gasteiger partial charge in [-0.25, -0.2) is 0 Å². The molecule has 0 atom stereocenters. The van der Waals surface area contributed by atoms with Gasteiger partial charge >= 0.3 is 0 Å². The molecule has 0 amide bonds. The van der Waals surface area contributed by atoms with Gasteiger partial charge in [-0.3, -0.25) is 4.90 Å². The zero-order chi connectivity index (χ0) is 20.6. The van der Waals surface area contributed by atoms with Crippen molar-refractivity contribution in [3.05, 3.63) is 101 Å². The van der Waals surface area contributed by atoms with Crippen LogP contribution in [0.4, 0.5) is 5.69 Å². The lowest BCUT2D eigenvalue weighted by atomic mass is 10.2. The Labute approximate surface area is 184 Å². The highest BCUT2D eigenvalue weighted by Gasteiger charge is 2.17. The molecule has 1 aliphatic rings. The summed E-state index contributed by atoms with van der Waals surface area (Å²) in [6, 6.07) is 26.9. The van der Waals surface area contributed by atoms with E-state index in [0.717, 1.165) is 49.1 Å². The van der Waals surface area contributed by atoms with E-state index in [-0.39, 0.29) is 0 Å². The third kappa shape index (κ3) is 5.88. The van der Waals surface area contributed by atoms with E-state index in [4.69, 9.17) is 16.3 Å². The van der Waals surface area contributed by atoms with E-state index < -0.39 is 0 Å². The average Bonchev–Trinajstić information content (AvgIpc) is 2.80. The van der Waals surface area contributed by atoms with E-state index in [9.17, 15) is 0 Å². The fraction of sp³-hybridized carbons (Fsp3) is 0.231. The van der Waals surface area contributed by atoms with E-state index in [1.54, 1.807) is 0 Å². The van der Waals surface area contributed by atoms with Gasteiger partial charge in [0.2, 0.25) is 0 Å². The Balaban J connectivity index is 1.21. The highest BCUT2D eigenvalue weighted by Crippen LogP contribution is 2.18. The molecule has 1 saturated heterocycles. The number of ether oxygens (including phenoxy) is 1. The molecule has 4 rings (SSSR count). The van der Waals surface area contributed by atoms with Gasteiger partial charge in [-0.2, -0.15) is 0 Å². The number of anilines is 1. The third-order valence-electron chi connectivity index (χ3n) is 5.35. The van der Waals surface area contributed by atoms with Crippen molar-refractivity contribution < 1.29 is 4.74 Å².